The Bertz CT molecular complexity index is 213. The normalized spacial score (nSPS) is 21.2. The number of urea groups is 1. The van der Waals surface area contributed by atoms with E-state index in [1.54, 1.807) is 0 Å². The molecule has 1 aliphatic heterocycles. The molecule has 74 valence electrons. The quantitative estimate of drug-likeness (QED) is 0.527. The molecule has 0 saturated carbocycles. The van der Waals surface area contributed by atoms with E-state index in [9.17, 15) is 9.59 Å². The molecule has 3 N–H and O–H groups in total. The van der Waals surface area contributed by atoms with Crippen LogP contribution in [-0.2, 0) is 9.53 Å². The molecule has 1 saturated heterocycles. The molecule has 0 aromatic heterocycles. The summed E-state index contributed by atoms with van der Waals surface area (Å²) in [7, 11) is 1.38. The number of carbonyl (C=O) groups is 2. The van der Waals surface area contributed by atoms with Crippen molar-refractivity contribution in [2.24, 2.45) is 5.73 Å². The summed E-state index contributed by atoms with van der Waals surface area (Å²) < 4.78 is 5.10. The topological polar surface area (TPSA) is 84.7 Å². The van der Waals surface area contributed by atoms with Crippen molar-refractivity contribution >= 4 is 11.9 Å². The van der Waals surface area contributed by atoms with Gasteiger partial charge in [-0.3, -0.25) is 10.2 Å². The van der Waals surface area contributed by atoms with Crippen LogP contribution < -0.4 is 11.2 Å². The number of nitrogens with zero attached hydrogens (tertiary/aromatic N) is 1. The predicted molar refractivity (Wildman–Crippen MR) is 44.5 cm³/mol. The fourth-order valence-corrected chi connectivity index (χ4v) is 1.08. The van der Waals surface area contributed by atoms with Crippen LogP contribution in [-0.4, -0.2) is 36.7 Å². The highest BCUT2D eigenvalue weighted by Gasteiger charge is 2.24. The highest BCUT2D eigenvalue weighted by Crippen LogP contribution is 2.11. The van der Waals surface area contributed by atoms with E-state index in [0.717, 1.165) is 11.4 Å². The number of nitrogens with two attached hydrogens (primary N) is 1. The zero-order valence-corrected chi connectivity index (χ0v) is 7.45. The number of hydrazine groups is 1. The van der Waals surface area contributed by atoms with Gasteiger partial charge in [-0.15, -0.1) is 0 Å². The molecule has 0 bridgehead atoms. The minimum absolute atomic E-state index is 0.321. The number of hydrogen-bond acceptors (Lipinski definition) is 3. The van der Waals surface area contributed by atoms with E-state index >= 15 is 0 Å². The number of primary amides is 1. The van der Waals surface area contributed by atoms with Crippen LogP contribution in [0.1, 0.15) is 12.8 Å². The molecule has 1 atom stereocenters. The van der Waals surface area contributed by atoms with Crippen LogP contribution in [0.5, 0.6) is 0 Å². The predicted octanol–water partition coefficient (Wildman–Crippen LogP) is -0.793. The first-order valence-electron chi connectivity index (χ1n) is 4.06. The van der Waals surface area contributed by atoms with Crippen LogP contribution in [0.15, 0.2) is 0 Å². The lowest BCUT2D eigenvalue weighted by Crippen LogP contribution is -2.49. The summed E-state index contributed by atoms with van der Waals surface area (Å²) in [6, 6.07) is -0.702. The molecule has 0 aliphatic carbocycles. The summed E-state index contributed by atoms with van der Waals surface area (Å²) in [4.78, 5) is 21.8. The lowest BCUT2D eigenvalue weighted by Gasteiger charge is -2.17. The summed E-state index contributed by atoms with van der Waals surface area (Å²) in [6.45, 7) is 0.596. The number of amides is 3. The molecule has 1 heterocycles. The van der Waals surface area contributed by atoms with Gasteiger partial charge in [0.1, 0.15) is 6.10 Å². The van der Waals surface area contributed by atoms with Gasteiger partial charge >= 0.3 is 6.03 Å². The van der Waals surface area contributed by atoms with E-state index in [1.807, 2.05) is 0 Å². The summed E-state index contributed by atoms with van der Waals surface area (Å²) in [5, 5.41) is 0.935. The SMILES string of the molecule is CN(NC(=O)C1CCCO1)C(N)=O. The highest BCUT2D eigenvalue weighted by atomic mass is 16.5. The van der Waals surface area contributed by atoms with Crippen LogP contribution in [0.3, 0.4) is 0 Å². The van der Waals surface area contributed by atoms with Crippen LogP contribution in [0.4, 0.5) is 4.79 Å². The maximum atomic E-state index is 11.3. The Morgan fingerprint density at radius 3 is 2.77 bits per heavy atom. The van der Waals surface area contributed by atoms with Gasteiger partial charge < -0.3 is 10.5 Å². The maximum Gasteiger partial charge on any atom is 0.333 e. The first-order chi connectivity index (χ1) is 6.11. The molecule has 1 unspecified atom stereocenters. The first-order valence-corrected chi connectivity index (χ1v) is 4.06. The fourth-order valence-electron chi connectivity index (χ4n) is 1.08. The van der Waals surface area contributed by atoms with Crippen molar-refractivity contribution < 1.29 is 14.3 Å². The first kappa shape index (κ1) is 9.79. The number of ether oxygens (including phenoxy) is 1. The standard InChI is InChI=1S/C7H13N3O3/c1-10(7(8)12)9-6(11)5-3-2-4-13-5/h5H,2-4H2,1H3,(H2,8,12)(H,9,11). The molecule has 3 amide bonds. The third-order valence-electron chi connectivity index (χ3n) is 1.83. The van der Waals surface area contributed by atoms with Crippen molar-refractivity contribution in [1.82, 2.24) is 10.4 Å². The summed E-state index contributed by atoms with van der Waals surface area (Å²) in [6.07, 6.45) is 1.12. The lowest BCUT2D eigenvalue weighted by atomic mass is 10.2. The van der Waals surface area contributed by atoms with Crippen molar-refractivity contribution in [2.75, 3.05) is 13.7 Å². The van der Waals surface area contributed by atoms with Gasteiger partial charge in [-0.05, 0) is 12.8 Å². The average Bonchev–Trinajstić information content (AvgIpc) is 2.55. The Kier molecular flexibility index (Phi) is 3.07. The van der Waals surface area contributed by atoms with Crippen molar-refractivity contribution in [2.45, 2.75) is 18.9 Å². The monoisotopic (exact) mass is 187 g/mol. The van der Waals surface area contributed by atoms with Gasteiger partial charge in [-0.2, -0.15) is 0 Å². The summed E-state index contributed by atoms with van der Waals surface area (Å²) >= 11 is 0. The van der Waals surface area contributed by atoms with Gasteiger partial charge in [0, 0.05) is 13.7 Å². The molecular weight excluding hydrogens is 174 g/mol. The molecule has 1 aliphatic rings. The smallest absolute Gasteiger partial charge is 0.333 e. The van der Waals surface area contributed by atoms with E-state index in [0.29, 0.717) is 13.0 Å². The minimum Gasteiger partial charge on any atom is -0.368 e. The Morgan fingerprint density at radius 1 is 1.62 bits per heavy atom. The largest absolute Gasteiger partial charge is 0.368 e. The van der Waals surface area contributed by atoms with Crippen molar-refractivity contribution in [3.05, 3.63) is 0 Å². The summed E-state index contributed by atoms with van der Waals surface area (Å²) in [5.41, 5.74) is 7.23. The number of hydrogen-bond donors (Lipinski definition) is 2. The van der Waals surface area contributed by atoms with Gasteiger partial charge in [0.05, 0.1) is 0 Å². The second-order valence-corrected chi connectivity index (χ2v) is 2.87. The molecule has 6 nitrogen and oxygen atoms in total. The average molecular weight is 187 g/mol. The highest BCUT2D eigenvalue weighted by molar-refractivity contribution is 5.83. The van der Waals surface area contributed by atoms with E-state index in [4.69, 9.17) is 10.5 Å². The molecule has 1 fully saturated rings. The zero-order chi connectivity index (χ0) is 9.84. The van der Waals surface area contributed by atoms with Crippen LogP contribution >= 0.6 is 0 Å². The van der Waals surface area contributed by atoms with E-state index in [1.165, 1.54) is 7.05 Å². The molecule has 1 rings (SSSR count). The Morgan fingerprint density at radius 2 is 2.31 bits per heavy atom. The molecule has 0 spiro atoms. The van der Waals surface area contributed by atoms with E-state index in [2.05, 4.69) is 5.43 Å². The Balaban J connectivity index is 2.35. The third-order valence-corrected chi connectivity index (χ3v) is 1.83. The van der Waals surface area contributed by atoms with Gasteiger partial charge in [0.2, 0.25) is 0 Å². The third kappa shape index (κ3) is 2.59. The molecule has 13 heavy (non-hydrogen) atoms. The lowest BCUT2D eigenvalue weighted by molar-refractivity contribution is -0.133. The van der Waals surface area contributed by atoms with Gasteiger partial charge in [-0.25, -0.2) is 9.80 Å². The second kappa shape index (κ2) is 4.08. The van der Waals surface area contributed by atoms with Crippen molar-refractivity contribution in [1.29, 1.82) is 0 Å². The Hall–Kier alpha value is -1.30. The number of nitrogens with one attached hydrogen (secondary N) is 1. The summed E-state index contributed by atoms with van der Waals surface area (Å²) in [5.74, 6) is -0.321. The van der Waals surface area contributed by atoms with Crippen molar-refractivity contribution in [3.63, 3.8) is 0 Å². The number of carbonyl (C=O) groups excluding carboxylic acids is 2. The van der Waals surface area contributed by atoms with Gasteiger partial charge in [0.25, 0.3) is 5.91 Å². The molecule has 0 radical (unpaired) electrons. The zero-order valence-electron chi connectivity index (χ0n) is 7.45. The Labute approximate surface area is 76.0 Å². The van der Waals surface area contributed by atoms with Gasteiger partial charge in [0.15, 0.2) is 0 Å². The second-order valence-electron chi connectivity index (χ2n) is 2.87. The molecule has 6 heteroatoms. The molecule has 0 aromatic carbocycles. The van der Waals surface area contributed by atoms with Crippen LogP contribution in [0, 0.1) is 0 Å². The van der Waals surface area contributed by atoms with E-state index < -0.39 is 12.1 Å². The fraction of sp³-hybridized carbons (Fsp3) is 0.714. The van der Waals surface area contributed by atoms with Crippen LogP contribution in [0.2, 0.25) is 0 Å². The molecule has 0 aromatic rings. The van der Waals surface area contributed by atoms with Gasteiger partial charge in [-0.1, -0.05) is 0 Å². The number of rotatable bonds is 1. The van der Waals surface area contributed by atoms with E-state index in [-0.39, 0.29) is 5.91 Å². The van der Waals surface area contributed by atoms with Crippen LogP contribution in [0.25, 0.3) is 0 Å². The maximum absolute atomic E-state index is 11.3. The molecular formula is C7H13N3O3. The van der Waals surface area contributed by atoms with Crippen molar-refractivity contribution in [3.8, 4) is 0 Å². The minimum atomic E-state index is -0.702.